The van der Waals surface area contributed by atoms with Gasteiger partial charge in [-0.25, -0.2) is 9.78 Å². The Morgan fingerprint density at radius 2 is 1.88 bits per heavy atom. The van der Waals surface area contributed by atoms with Crippen LogP contribution in [0.4, 0.5) is 4.79 Å². The molecule has 148 valence electrons. The Balaban J connectivity index is 2.16. The van der Waals surface area contributed by atoms with E-state index < -0.39 is 5.60 Å². The molecule has 1 aromatic rings. The minimum atomic E-state index is -0.471. The molecule has 7 nitrogen and oxygen atoms in total. The minimum absolute atomic E-state index is 0.385. The van der Waals surface area contributed by atoms with E-state index in [1.54, 1.807) is 18.4 Å². The van der Waals surface area contributed by atoms with Crippen molar-refractivity contribution in [2.24, 2.45) is 4.99 Å². The first kappa shape index (κ1) is 22.2. The molecule has 1 aromatic heterocycles. The van der Waals surface area contributed by atoms with Crippen LogP contribution in [0, 0.1) is 0 Å². The first-order valence-corrected chi connectivity index (χ1v) is 9.95. The van der Waals surface area contributed by atoms with E-state index in [-0.39, 0.29) is 6.09 Å². The zero-order chi connectivity index (χ0) is 19.6. The van der Waals surface area contributed by atoms with Gasteiger partial charge in [0, 0.05) is 44.4 Å². The number of rotatable bonds is 8. The summed E-state index contributed by atoms with van der Waals surface area (Å²) in [4.78, 5) is 20.4. The monoisotopic (exact) mass is 383 g/mol. The van der Waals surface area contributed by atoms with Crippen molar-refractivity contribution in [2.45, 2.75) is 59.0 Å². The predicted molar refractivity (Wildman–Crippen MR) is 108 cm³/mol. The third kappa shape index (κ3) is 9.60. The fourth-order valence-electron chi connectivity index (χ4n) is 2.03. The topological polar surface area (TPSA) is 87.6 Å². The number of hydrogen-bond donors (Lipinski definition) is 3. The largest absolute Gasteiger partial charge is 0.444 e. The van der Waals surface area contributed by atoms with E-state index in [1.165, 1.54) is 5.01 Å². The van der Waals surface area contributed by atoms with Crippen molar-refractivity contribution in [1.82, 2.24) is 20.9 Å². The second-order valence-electron chi connectivity index (χ2n) is 7.29. The van der Waals surface area contributed by atoms with E-state index in [0.29, 0.717) is 19.0 Å². The van der Waals surface area contributed by atoms with Crippen LogP contribution in [0.1, 0.15) is 57.7 Å². The average Bonchev–Trinajstić information content (AvgIpc) is 3.00. The quantitative estimate of drug-likeness (QED) is 0.365. The number of aromatic nitrogens is 1. The summed E-state index contributed by atoms with van der Waals surface area (Å²) < 4.78 is 5.19. The summed E-state index contributed by atoms with van der Waals surface area (Å²) in [7, 11) is 1.74. The van der Waals surface area contributed by atoms with Gasteiger partial charge in [-0.15, -0.1) is 11.3 Å². The van der Waals surface area contributed by atoms with Gasteiger partial charge >= 0.3 is 6.09 Å². The summed E-state index contributed by atoms with van der Waals surface area (Å²) >= 11 is 1.72. The Labute approximate surface area is 161 Å². The van der Waals surface area contributed by atoms with E-state index in [0.717, 1.165) is 31.0 Å². The second kappa shape index (κ2) is 11.0. The molecule has 26 heavy (non-hydrogen) atoms. The zero-order valence-corrected chi connectivity index (χ0v) is 17.6. The summed E-state index contributed by atoms with van der Waals surface area (Å²) in [5, 5.41) is 12.5. The van der Waals surface area contributed by atoms with Crippen molar-refractivity contribution in [3.63, 3.8) is 0 Å². The molecule has 0 aliphatic heterocycles. The van der Waals surface area contributed by atoms with Crippen LogP contribution in [0.2, 0.25) is 0 Å². The van der Waals surface area contributed by atoms with Gasteiger partial charge in [-0.1, -0.05) is 13.8 Å². The highest BCUT2D eigenvalue weighted by Crippen LogP contribution is 2.19. The molecule has 1 heterocycles. The normalized spacial score (nSPS) is 12.2. The third-order valence-corrected chi connectivity index (χ3v) is 4.47. The van der Waals surface area contributed by atoms with Gasteiger partial charge < -0.3 is 20.7 Å². The third-order valence-electron chi connectivity index (χ3n) is 3.27. The molecule has 0 fully saturated rings. The zero-order valence-electron chi connectivity index (χ0n) is 16.8. The fraction of sp³-hybridized carbons (Fsp3) is 0.722. The molecule has 0 saturated heterocycles. The molecule has 0 aliphatic carbocycles. The summed E-state index contributed by atoms with van der Waals surface area (Å²) in [6, 6.07) is 0. The van der Waals surface area contributed by atoms with E-state index in [4.69, 9.17) is 4.74 Å². The van der Waals surface area contributed by atoms with Gasteiger partial charge in [-0.3, -0.25) is 4.99 Å². The highest BCUT2D eigenvalue weighted by atomic mass is 32.1. The number of hydrogen-bond acceptors (Lipinski definition) is 5. The van der Waals surface area contributed by atoms with Crippen molar-refractivity contribution in [3.05, 3.63) is 16.1 Å². The van der Waals surface area contributed by atoms with Gasteiger partial charge in [0.2, 0.25) is 0 Å². The van der Waals surface area contributed by atoms with Crippen LogP contribution in [-0.4, -0.2) is 49.3 Å². The molecule has 0 aliphatic rings. The second-order valence-corrected chi connectivity index (χ2v) is 8.18. The van der Waals surface area contributed by atoms with E-state index in [9.17, 15) is 4.79 Å². The molecule has 1 rings (SSSR count). The van der Waals surface area contributed by atoms with Crippen LogP contribution in [0.5, 0.6) is 0 Å². The van der Waals surface area contributed by atoms with Crippen molar-refractivity contribution in [3.8, 4) is 0 Å². The van der Waals surface area contributed by atoms with Crippen molar-refractivity contribution in [2.75, 3.05) is 26.7 Å². The molecular formula is C18H33N5O2S. The van der Waals surface area contributed by atoms with Gasteiger partial charge in [-0.05, 0) is 27.2 Å². The van der Waals surface area contributed by atoms with Crippen molar-refractivity contribution < 1.29 is 9.53 Å². The molecule has 0 aromatic carbocycles. The summed E-state index contributed by atoms with van der Waals surface area (Å²) in [6.45, 7) is 11.9. The highest BCUT2D eigenvalue weighted by Gasteiger charge is 2.15. The Morgan fingerprint density at radius 3 is 2.46 bits per heavy atom. The average molecular weight is 384 g/mol. The standard InChI is InChI=1S/C18H33N5O2S/c1-13(2)15-23-14(12-26-15)8-11-21-16(19-6)20-9-7-10-22-17(24)25-18(3,4)5/h12-13H,7-11H2,1-6H3,(H,22,24)(H2,19,20,21). The Morgan fingerprint density at radius 1 is 1.23 bits per heavy atom. The number of carbonyl (C=O) groups excluding carboxylic acids is 1. The molecular weight excluding hydrogens is 350 g/mol. The number of nitrogens with one attached hydrogen (secondary N) is 3. The van der Waals surface area contributed by atoms with Crippen LogP contribution in [0.3, 0.4) is 0 Å². The number of aliphatic imine (C=N–C) groups is 1. The van der Waals surface area contributed by atoms with Crippen LogP contribution < -0.4 is 16.0 Å². The van der Waals surface area contributed by atoms with Crippen LogP contribution >= 0.6 is 11.3 Å². The lowest BCUT2D eigenvalue weighted by Gasteiger charge is -2.19. The lowest BCUT2D eigenvalue weighted by Crippen LogP contribution is -2.40. The summed E-state index contributed by atoms with van der Waals surface area (Å²) in [6.07, 6.45) is 1.26. The molecule has 3 N–H and O–H groups in total. The number of guanidine groups is 1. The molecule has 8 heteroatoms. The number of ether oxygens (including phenoxy) is 1. The molecule has 1 amide bonds. The first-order chi connectivity index (χ1) is 12.2. The Kier molecular flexibility index (Phi) is 9.40. The molecule has 0 unspecified atom stereocenters. The van der Waals surface area contributed by atoms with Gasteiger partial charge in [0.1, 0.15) is 5.60 Å². The van der Waals surface area contributed by atoms with Gasteiger partial charge in [0.25, 0.3) is 0 Å². The summed E-state index contributed by atoms with van der Waals surface area (Å²) in [5.41, 5.74) is 0.643. The molecule has 0 radical (unpaired) electrons. The maximum absolute atomic E-state index is 11.5. The maximum Gasteiger partial charge on any atom is 0.407 e. The lowest BCUT2D eigenvalue weighted by molar-refractivity contribution is 0.0527. The lowest BCUT2D eigenvalue weighted by atomic mass is 10.2. The molecule has 0 saturated carbocycles. The van der Waals surface area contributed by atoms with Gasteiger partial charge in [0.15, 0.2) is 5.96 Å². The SMILES string of the molecule is CN=C(NCCCNC(=O)OC(C)(C)C)NCCc1csc(C(C)C)n1. The van der Waals surface area contributed by atoms with E-state index in [2.05, 4.69) is 45.2 Å². The Bertz CT molecular complexity index is 578. The minimum Gasteiger partial charge on any atom is -0.444 e. The van der Waals surface area contributed by atoms with Crippen LogP contribution in [0.25, 0.3) is 0 Å². The number of thiazole rings is 1. The highest BCUT2D eigenvalue weighted by molar-refractivity contribution is 7.09. The number of nitrogens with zero attached hydrogens (tertiary/aromatic N) is 2. The predicted octanol–water partition coefficient (Wildman–Crippen LogP) is 2.89. The van der Waals surface area contributed by atoms with Crippen molar-refractivity contribution in [1.29, 1.82) is 0 Å². The smallest absolute Gasteiger partial charge is 0.407 e. The molecule has 0 atom stereocenters. The summed E-state index contributed by atoms with van der Waals surface area (Å²) in [5.74, 6) is 1.23. The number of amides is 1. The van der Waals surface area contributed by atoms with Crippen LogP contribution in [0.15, 0.2) is 10.4 Å². The van der Waals surface area contributed by atoms with E-state index in [1.807, 2.05) is 20.8 Å². The first-order valence-electron chi connectivity index (χ1n) is 9.07. The van der Waals surface area contributed by atoms with Crippen molar-refractivity contribution >= 4 is 23.4 Å². The number of alkyl carbamates (subject to hydrolysis) is 1. The van der Waals surface area contributed by atoms with E-state index >= 15 is 0 Å². The van der Waals surface area contributed by atoms with Gasteiger partial charge in [-0.2, -0.15) is 0 Å². The Hall–Kier alpha value is -1.83. The maximum atomic E-state index is 11.5. The fourth-order valence-corrected chi connectivity index (χ4v) is 2.90. The van der Waals surface area contributed by atoms with Crippen LogP contribution in [-0.2, 0) is 11.2 Å². The van der Waals surface area contributed by atoms with Gasteiger partial charge in [0.05, 0.1) is 10.7 Å². The number of carbonyl (C=O) groups is 1. The molecule has 0 bridgehead atoms. The molecule has 0 spiro atoms.